The number of ether oxygens (including phenoxy) is 1. The Bertz CT molecular complexity index is 564. The predicted octanol–water partition coefficient (Wildman–Crippen LogP) is 3.35. The first kappa shape index (κ1) is 8.97. The highest BCUT2D eigenvalue weighted by Gasteiger charge is 2.15. The van der Waals surface area contributed by atoms with Crippen LogP contribution in [0.4, 0.5) is 11.4 Å². The molecule has 2 aromatic carbocycles. The molecule has 0 aromatic heterocycles. The van der Waals surface area contributed by atoms with Crippen LogP contribution in [0.3, 0.4) is 0 Å². The second-order valence-electron chi connectivity index (χ2n) is 3.60. The summed E-state index contributed by atoms with van der Waals surface area (Å²) in [5.74, 6) is 1.46. The number of rotatable bonds is 1. The molecule has 3 heteroatoms. The quantitative estimate of drug-likeness (QED) is 0.627. The Hall–Kier alpha value is -2.29. The van der Waals surface area contributed by atoms with Crippen molar-refractivity contribution in [1.82, 2.24) is 0 Å². The van der Waals surface area contributed by atoms with Crippen molar-refractivity contribution < 1.29 is 9.53 Å². The van der Waals surface area contributed by atoms with Crippen molar-refractivity contribution in [2.24, 2.45) is 0 Å². The second-order valence-corrected chi connectivity index (χ2v) is 3.60. The van der Waals surface area contributed by atoms with Crippen LogP contribution < -0.4 is 10.1 Å². The van der Waals surface area contributed by atoms with Crippen molar-refractivity contribution in [2.75, 3.05) is 5.32 Å². The molecule has 0 bridgehead atoms. The molecule has 0 amide bonds. The van der Waals surface area contributed by atoms with Gasteiger partial charge in [-0.05, 0) is 30.3 Å². The van der Waals surface area contributed by atoms with E-state index in [1.54, 1.807) is 12.1 Å². The molecule has 3 nitrogen and oxygen atoms in total. The van der Waals surface area contributed by atoms with Gasteiger partial charge in [0.2, 0.25) is 0 Å². The van der Waals surface area contributed by atoms with Crippen LogP contribution >= 0.6 is 0 Å². The van der Waals surface area contributed by atoms with E-state index in [0.29, 0.717) is 11.3 Å². The Morgan fingerprint density at radius 2 is 1.81 bits per heavy atom. The number of anilines is 2. The predicted molar refractivity (Wildman–Crippen MR) is 61.6 cm³/mol. The van der Waals surface area contributed by atoms with Gasteiger partial charge in [0.15, 0.2) is 11.5 Å². The minimum absolute atomic E-state index is 0.611. The second kappa shape index (κ2) is 3.38. The van der Waals surface area contributed by atoms with Crippen LogP contribution in [0.2, 0.25) is 0 Å². The number of fused-ring (bicyclic) bond motifs is 2. The highest BCUT2D eigenvalue weighted by atomic mass is 16.5. The number of para-hydroxylation sites is 2. The largest absolute Gasteiger partial charge is 0.453 e. The molecule has 2 aromatic rings. The number of carbonyl (C=O) groups is 1. The van der Waals surface area contributed by atoms with Gasteiger partial charge in [0.25, 0.3) is 0 Å². The SMILES string of the molecule is O=Cc1ccc2c(c1)Oc1ccccc1N2. The number of aldehydes is 1. The smallest absolute Gasteiger partial charge is 0.151 e. The van der Waals surface area contributed by atoms with Gasteiger partial charge in [0, 0.05) is 5.56 Å². The minimum atomic E-state index is 0.611. The van der Waals surface area contributed by atoms with Gasteiger partial charge >= 0.3 is 0 Å². The van der Waals surface area contributed by atoms with Gasteiger partial charge in [-0.3, -0.25) is 4.79 Å². The summed E-state index contributed by atoms with van der Waals surface area (Å²) < 4.78 is 5.70. The van der Waals surface area contributed by atoms with Gasteiger partial charge in [-0.2, -0.15) is 0 Å². The van der Waals surface area contributed by atoms with E-state index in [1.165, 1.54) is 0 Å². The van der Waals surface area contributed by atoms with E-state index in [2.05, 4.69) is 5.32 Å². The van der Waals surface area contributed by atoms with Gasteiger partial charge in [-0.25, -0.2) is 0 Å². The van der Waals surface area contributed by atoms with Crippen LogP contribution in [0.15, 0.2) is 42.5 Å². The zero-order valence-electron chi connectivity index (χ0n) is 8.44. The lowest BCUT2D eigenvalue weighted by molar-refractivity contribution is 0.112. The normalized spacial score (nSPS) is 11.8. The first-order chi connectivity index (χ1) is 7.86. The molecule has 0 saturated carbocycles. The topological polar surface area (TPSA) is 38.3 Å². The number of nitrogens with one attached hydrogen (secondary N) is 1. The van der Waals surface area contributed by atoms with E-state index < -0.39 is 0 Å². The summed E-state index contributed by atoms with van der Waals surface area (Å²) in [6.07, 6.45) is 0.810. The molecule has 0 unspecified atom stereocenters. The average Bonchev–Trinajstić information content (AvgIpc) is 2.35. The number of carbonyl (C=O) groups excluding carboxylic acids is 1. The van der Waals surface area contributed by atoms with Crippen molar-refractivity contribution in [3.63, 3.8) is 0 Å². The van der Waals surface area contributed by atoms with Gasteiger partial charge in [0.05, 0.1) is 11.4 Å². The molecule has 16 heavy (non-hydrogen) atoms. The lowest BCUT2D eigenvalue weighted by Crippen LogP contribution is -2.02. The third kappa shape index (κ3) is 1.34. The molecule has 0 spiro atoms. The summed E-state index contributed by atoms with van der Waals surface area (Å²) in [4.78, 5) is 10.7. The van der Waals surface area contributed by atoms with Gasteiger partial charge in [0.1, 0.15) is 6.29 Å². The summed E-state index contributed by atoms with van der Waals surface area (Å²) in [6, 6.07) is 13.0. The molecule has 3 rings (SSSR count). The molecule has 1 heterocycles. The van der Waals surface area contributed by atoms with E-state index in [4.69, 9.17) is 4.74 Å². The lowest BCUT2D eigenvalue weighted by Gasteiger charge is -2.21. The minimum Gasteiger partial charge on any atom is -0.453 e. The Labute approximate surface area is 92.7 Å². The zero-order chi connectivity index (χ0) is 11.0. The van der Waals surface area contributed by atoms with Crippen LogP contribution in [-0.4, -0.2) is 6.29 Å². The Morgan fingerprint density at radius 3 is 2.69 bits per heavy atom. The van der Waals surface area contributed by atoms with Gasteiger partial charge in [-0.1, -0.05) is 12.1 Å². The van der Waals surface area contributed by atoms with Crippen LogP contribution in [-0.2, 0) is 0 Å². The number of hydrogen-bond donors (Lipinski definition) is 1. The summed E-state index contributed by atoms with van der Waals surface area (Å²) in [5.41, 5.74) is 2.43. The summed E-state index contributed by atoms with van der Waals surface area (Å²) in [5, 5.41) is 3.25. The van der Waals surface area contributed by atoms with E-state index in [-0.39, 0.29) is 0 Å². The Morgan fingerprint density at radius 1 is 1.00 bits per heavy atom. The molecule has 0 aliphatic carbocycles. The molecule has 1 aliphatic heterocycles. The fourth-order valence-electron chi connectivity index (χ4n) is 1.72. The molecule has 0 radical (unpaired) electrons. The van der Waals surface area contributed by atoms with Crippen molar-refractivity contribution >= 4 is 17.7 Å². The molecule has 0 fully saturated rings. The molecule has 0 saturated heterocycles. The summed E-state index contributed by atoms with van der Waals surface area (Å²) >= 11 is 0. The number of benzene rings is 2. The zero-order valence-corrected chi connectivity index (χ0v) is 8.44. The fourth-order valence-corrected chi connectivity index (χ4v) is 1.72. The third-order valence-electron chi connectivity index (χ3n) is 2.52. The van der Waals surface area contributed by atoms with E-state index in [1.807, 2.05) is 30.3 Å². The third-order valence-corrected chi connectivity index (χ3v) is 2.52. The standard InChI is InChI=1S/C13H9NO2/c15-8-9-5-6-11-13(7-9)16-12-4-2-1-3-10(12)14-11/h1-8,14H. The van der Waals surface area contributed by atoms with Crippen molar-refractivity contribution in [1.29, 1.82) is 0 Å². The van der Waals surface area contributed by atoms with Crippen molar-refractivity contribution in [3.8, 4) is 11.5 Å². The van der Waals surface area contributed by atoms with Crippen molar-refractivity contribution in [2.45, 2.75) is 0 Å². The molecular weight excluding hydrogens is 202 g/mol. The fraction of sp³-hybridized carbons (Fsp3) is 0. The van der Waals surface area contributed by atoms with E-state index in [0.717, 1.165) is 23.4 Å². The van der Waals surface area contributed by atoms with E-state index in [9.17, 15) is 4.79 Å². The van der Waals surface area contributed by atoms with Crippen LogP contribution in [0.1, 0.15) is 10.4 Å². The lowest BCUT2D eigenvalue weighted by atomic mass is 10.1. The summed E-state index contributed by atoms with van der Waals surface area (Å²) in [6.45, 7) is 0. The molecule has 1 N–H and O–H groups in total. The molecule has 78 valence electrons. The molecule has 1 aliphatic rings. The number of hydrogen-bond acceptors (Lipinski definition) is 3. The highest BCUT2D eigenvalue weighted by molar-refractivity contribution is 5.81. The van der Waals surface area contributed by atoms with E-state index >= 15 is 0 Å². The Balaban J connectivity index is 2.08. The van der Waals surface area contributed by atoms with Crippen LogP contribution in [0.5, 0.6) is 11.5 Å². The first-order valence-electron chi connectivity index (χ1n) is 5.00. The Kier molecular flexibility index (Phi) is 1.90. The van der Waals surface area contributed by atoms with Crippen LogP contribution in [0, 0.1) is 0 Å². The highest BCUT2D eigenvalue weighted by Crippen LogP contribution is 2.41. The van der Waals surface area contributed by atoms with Crippen LogP contribution in [0.25, 0.3) is 0 Å². The van der Waals surface area contributed by atoms with Gasteiger partial charge in [-0.15, -0.1) is 0 Å². The molecule has 0 atom stereocenters. The maximum atomic E-state index is 10.7. The maximum absolute atomic E-state index is 10.7. The summed E-state index contributed by atoms with van der Waals surface area (Å²) in [7, 11) is 0. The average molecular weight is 211 g/mol. The molecular formula is C13H9NO2. The maximum Gasteiger partial charge on any atom is 0.151 e. The first-order valence-corrected chi connectivity index (χ1v) is 5.00. The monoisotopic (exact) mass is 211 g/mol. The van der Waals surface area contributed by atoms with Crippen molar-refractivity contribution in [3.05, 3.63) is 48.0 Å². The van der Waals surface area contributed by atoms with Gasteiger partial charge < -0.3 is 10.1 Å².